The lowest BCUT2D eigenvalue weighted by molar-refractivity contribution is 0.183. The van der Waals surface area contributed by atoms with Crippen LogP contribution in [0.1, 0.15) is 41.2 Å². The van der Waals surface area contributed by atoms with Crippen molar-refractivity contribution in [1.82, 2.24) is 4.90 Å². The summed E-state index contributed by atoms with van der Waals surface area (Å²) in [5, 5.41) is 0.212. The van der Waals surface area contributed by atoms with Crippen LogP contribution in [0.15, 0.2) is 71.6 Å². The smallest absolute Gasteiger partial charge is 0.120 e. The number of hydrogen-bond donors (Lipinski definition) is 0. The van der Waals surface area contributed by atoms with E-state index in [9.17, 15) is 0 Å². The normalized spacial score (nSPS) is 18.9. The number of ether oxygens (including phenoxy) is 3. The fourth-order valence-electron chi connectivity index (χ4n) is 4.79. The summed E-state index contributed by atoms with van der Waals surface area (Å²) in [4.78, 5) is 3.75. The minimum absolute atomic E-state index is 0.212. The van der Waals surface area contributed by atoms with Gasteiger partial charge in [0.1, 0.15) is 23.9 Å². The van der Waals surface area contributed by atoms with Crippen molar-refractivity contribution in [3.63, 3.8) is 0 Å². The van der Waals surface area contributed by atoms with Crippen LogP contribution < -0.4 is 14.2 Å². The van der Waals surface area contributed by atoms with E-state index in [0.717, 1.165) is 30.4 Å². The first kappa shape index (κ1) is 23.8. The van der Waals surface area contributed by atoms with Crippen LogP contribution in [0.4, 0.5) is 0 Å². The third kappa shape index (κ3) is 5.68. The summed E-state index contributed by atoms with van der Waals surface area (Å²) in [5.74, 6) is 2.69. The number of rotatable bonds is 8. The van der Waals surface area contributed by atoms with E-state index >= 15 is 0 Å². The standard InChI is InChI=1S/C30H33NO3S/c1-32-24-12-8-23(9-13-24)30-28(27-15-14-26(33-2)21-29(27)35-30)20-22-6-10-25(11-7-22)34-19-18-31-16-4-3-5-17-31/h6-15,20-21,30H,3-5,16-19H2,1-2H3. The fraction of sp³-hybridized carbons (Fsp3) is 0.333. The molecule has 1 atom stereocenters. The zero-order valence-electron chi connectivity index (χ0n) is 20.5. The summed E-state index contributed by atoms with van der Waals surface area (Å²) in [6, 6.07) is 23.2. The molecule has 4 nitrogen and oxygen atoms in total. The Morgan fingerprint density at radius 2 is 1.51 bits per heavy atom. The van der Waals surface area contributed by atoms with Crippen LogP contribution in [0.25, 0.3) is 11.6 Å². The van der Waals surface area contributed by atoms with Crippen LogP contribution in [-0.2, 0) is 0 Å². The molecule has 0 radical (unpaired) electrons. The van der Waals surface area contributed by atoms with Crippen LogP contribution in [0, 0.1) is 0 Å². The lowest BCUT2D eigenvalue weighted by atomic mass is 9.95. The maximum atomic E-state index is 6.04. The number of piperidine rings is 1. The maximum absolute atomic E-state index is 6.04. The lowest BCUT2D eigenvalue weighted by Crippen LogP contribution is -2.33. The van der Waals surface area contributed by atoms with E-state index in [-0.39, 0.29) is 5.25 Å². The number of likely N-dealkylation sites (tertiary alicyclic amines) is 1. The fourth-order valence-corrected chi connectivity index (χ4v) is 6.16. The highest BCUT2D eigenvalue weighted by atomic mass is 32.2. The van der Waals surface area contributed by atoms with Gasteiger partial charge in [0.05, 0.1) is 19.5 Å². The maximum Gasteiger partial charge on any atom is 0.120 e. The number of benzene rings is 3. The third-order valence-corrected chi connectivity index (χ3v) is 8.13. The van der Waals surface area contributed by atoms with Gasteiger partial charge < -0.3 is 14.2 Å². The van der Waals surface area contributed by atoms with E-state index in [1.54, 1.807) is 14.2 Å². The molecule has 1 saturated heterocycles. The second-order valence-electron chi connectivity index (χ2n) is 9.05. The van der Waals surface area contributed by atoms with Gasteiger partial charge in [0.15, 0.2) is 0 Å². The Bertz CT molecular complexity index is 1150. The number of methoxy groups -OCH3 is 2. The van der Waals surface area contributed by atoms with E-state index in [2.05, 4.69) is 59.5 Å². The Hall–Kier alpha value is -2.89. The van der Waals surface area contributed by atoms with Gasteiger partial charge in [-0.2, -0.15) is 0 Å². The molecule has 3 aromatic rings. The molecule has 2 aliphatic rings. The summed E-state index contributed by atoms with van der Waals surface area (Å²) < 4.78 is 16.9. The molecule has 2 aliphatic heterocycles. The lowest BCUT2D eigenvalue weighted by Gasteiger charge is -2.26. The molecule has 5 heteroatoms. The SMILES string of the molecule is COc1ccc(C2Sc3cc(OC)ccc3C2=Cc2ccc(OCCN3CCCCC3)cc2)cc1. The monoisotopic (exact) mass is 487 g/mol. The average Bonchev–Trinajstić information content (AvgIpc) is 3.27. The van der Waals surface area contributed by atoms with Crippen molar-refractivity contribution >= 4 is 23.4 Å². The molecule has 0 aromatic heterocycles. The van der Waals surface area contributed by atoms with Crippen molar-refractivity contribution in [3.05, 3.63) is 83.4 Å². The van der Waals surface area contributed by atoms with Crippen molar-refractivity contribution in [2.24, 2.45) is 0 Å². The molecule has 0 aliphatic carbocycles. The van der Waals surface area contributed by atoms with Gasteiger partial charge in [-0.25, -0.2) is 0 Å². The molecular weight excluding hydrogens is 454 g/mol. The zero-order chi connectivity index (χ0) is 24.0. The Kier molecular flexibility index (Phi) is 7.65. The molecule has 1 unspecified atom stereocenters. The van der Waals surface area contributed by atoms with Gasteiger partial charge in [-0.1, -0.05) is 30.7 Å². The Morgan fingerprint density at radius 1 is 0.829 bits per heavy atom. The van der Waals surface area contributed by atoms with Gasteiger partial charge in [-0.3, -0.25) is 4.90 Å². The number of fused-ring (bicyclic) bond motifs is 1. The number of thioether (sulfide) groups is 1. The highest BCUT2D eigenvalue weighted by Crippen LogP contribution is 2.55. The quantitative estimate of drug-likeness (QED) is 0.343. The van der Waals surface area contributed by atoms with Gasteiger partial charge in [0.2, 0.25) is 0 Å². The average molecular weight is 488 g/mol. The molecule has 1 fully saturated rings. The topological polar surface area (TPSA) is 30.9 Å². The molecule has 3 aromatic carbocycles. The van der Waals surface area contributed by atoms with Crippen LogP contribution >= 0.6 is 11.8 Å². The van der Waals surface area contributed by atoms with Gasteiger partial charge in [0.25, 0.3) is 0 Å². The highest BCUT2D eigenvalue weighted by Gasteiger charge is 2.29. The molecular formula is C30H33NO3S. The van der Waals surface area contributed by atoms with Crippen molar-refractivity contribution in [2.45, 2.75) is 29.4 Å². The van der Waals surface area contributed by atoms with Crippen molar-refractivity contribution in [1.29, 1.82) is 0 Å². The van der Waals surface area contributed by atoms with Gasteiger partial charge in [0, 0.05) is 11.4 Å². The molecule has 0 spiro atoms. The predicted octanol–water partition coefficient (Wildman–Crippen LogP) is 6.96. The predicted molar refractivity (Wildman–Crippen MR) is 145 cm³/mol. The van der Waals surface area contributed by atoms with E-state index in [0.29, 0.717) is 0 Å². The van der Waals surface area contributed by atoms with Gasteiger partial charge in [-0.05, 0) is 96.7 Å². The summed E-state index contributed by atoms with van der Waals surface area (Å²) in [7, 11) is 3.42. The summed E-state index contributed by atoms with van der Waals surface area (Å²) in [5.41, 5.74) is 5.00. The van der Waals surface area contributed by atoms with Crippen LogP contribution in [0.2, 0.25) is 0 Å². The van der Waals surface area contributed by atoms with Crippen LogP contribution in [-0.4, -0.2) is 45.4 Å². The molecule has 2 heterocycles. The Balaban J connectivity index is 1.34. The minimum Gasteiger partial charge on any atom is -0.497 e. The van der Waals surface area contributed by atoms with Gasteiger partial charge in [-0.15, -0.1) is 11.8 Å². The third-order valence-electron chi connectivity index (χ3n) is 6.77. The molecule has 0 bridgehead atoms. The largest absolute Gasteiger partial charge is 0.497 e. The first-order valence-corrected chi connectivity index (χ1v) is 13.3. The van der Waals surface area contributed by atoms with Crippen LogP contribution in [0.5, 0.6) is 17.2 Å². The van der Waals surface area contributed by atoms with Crippen molar-refractivity contribution in [3.8, 4) is 17.2 Å². The zero-order valence-corrected chi connectivity index (χ0v) is 21.4. The number of nitrogens with zero attached hydrogens (tertiary/aromatic N) is 1. The van der Waals surface area contributed by atoms with Gasteiger partial charge >= 0.3 is 0 Å². The second-order valence-corrected chi connectivity index (χ2v) is 10.2. The Labute approximate surface area is 212 Å². The van der Waals surface area contributed by atoms with E-state index in [4.69, 9.17) is 14.2 Å². The van der Waals surface area contributed by atoms with E-state index in [1.807, 2.05) is 30.0 Å². The second kappa shape index (κ2) is 11.2. The van der Waals surface area contributed by atoms with E-state index < -0.39 is 0 Å². The van der Waals surface area contributed by atoms with Crippen molar-refractivity contribution < 1.29 is 14.2 Å². The first-order chi connectivity index (χ1) is 17.2. The molecule has 5 rings (SSSR count). The summed E-state index contributed by atoms with van der Waals surface area (Å²) in [6.45, 7) is 4.16. The first-order valence-electron chi connectivity index (χ1n) is 12.4. The molecule has 35 heavy (non-hydrogen) atoms. The van der Waals surface area contributed by atoms with Crippen LogP contribution in [0.3, 0.4) is 0 Å². The molecule has 182 valence electrons. The minimum atomic E-state index is 0.212. The van der Waals surface area contributed by atoms with Crippen molar-refractivity contribution in [2.75, 3.05) is 40.5 Å². The molecule has 0 amide bonds. The summed E-state index contributed by atoms with van der Waals surface area (Å²) >= 11 is 1.87. The number of hydrogen-bond acceptors (Lipinski definition) is 5. The molecule has 0 saturated carbocycles. The molecule has 0 N–H and O–H groups in total. The highest BCUT2D eigenvalue weighted by molar-refractivity contribution is 8.00. The van der Waals surface area contributed by atoms with E-state index in [1.165, 1.54) is 59.5 Å². The Morgan fingerprint density at radius 3 is 2.23 bits per heavy atom. The summed E-state index contributed by atoms with van der Waals surface area (Å²) in [6.07, 6.45) is 6.30.